The Balaban J connectivity index is 1.46. The first-order chi connectivity index (χ1) is 10.1. The van der Waals surface area contributed by atoms with Crippen LogP contribution >= 0.6 is 0 Å². The Labute approximate surface area is 123 Å². The number of hydrogen-bond acceptors (Lipinski definition) is 4. The number of aromatic nitrogens is 2. The van der Waals surface area contributed by atoms with Gasteiger partial charge in [0.2, 0.25) is 5.91 Å². The van der Waals surface area contributed by atoms with Gasteiger partial charge in [-0.15, -0.1) is 0 Å². The van der Waals surface area contributed by atoms with Crippen molar-refractivity contribution >= 4 is 12.0 Å². The molecule has 0 spiro atoms. The quantitative estimate of drug-likeness (QED) is 0.816. The largest absolute Gasteiger partial charge is 0.447 e. The minimum Gasteiger partial charge on any atom is -0.447 e. The predicted molar refractivity (Wildman–Crippen MR) is 74.6 cm³/mol. The van der Waals surface area contributed by atoms with Crippen LogP contribution in [0.1, 0.15) is 18.7 Å². The summed E-state index contributed by atoms with van der Waals surface area (Å²) in [6, 6.07) is 0.0334. The number of rotatable bonds is 4. The summed E-state index contributed by atoms with van der Waals surface area (Å²) in [7, 11) is 0. The van der Waals surface area contributed by atoms with E-state index in [0.717, 1.165) is 18.8 Å². The van der Waals surface area contributed by atoms with E-state index in [4.69, 9.17) is 4.74 Å². The molecule has 0 aromatic carbocycles. The van der Waals surface area contributed by atoms with Crippen LogP contribution < -0.4 is 0 Å². The Hall–Kier alpha value is -2.05. The van der Waals surface area contributed by atoms with Crippen LogP contribution in [0.5, 0.6) is 0 Å². The van der Waals surface area contributed by atoms with Crippen molar-refractivity contribution in [2.75, 3.05) is 26.2 Å². The SMILES string of the molecule is Cc1nccn1CCCC(=O)N1CCN2C(=O)OC[C@H]2C1. The maximum atomic E-state index is 12.2. The second-order valence-electron chi connectivity index (χ2n) is 5.54. The van der Waals surface area contributed by atoms with Gasteiger partial charge in [0.05, 0.1) is 6.04 Å². The molecular formula is C14H20N4O3. The van der Waals surface area contributed by atoms with Gasteiger partial charge in [-0.2, -0.15) is 0 Å². The fourth-order valence-corrected chi connectivity index (χ4v) is 2.91. The maximum Gasteiger partial charge on any atom is 0.410 e. The lowest BCUT2D eigenvalue weighted by Crippen LogP contribution is -2.53. The summed E-state index contributed by atoms with van der Waals surface area (Å²) in [6.45, 7) is 4.94. The lowest BCUT2D eigenvalue weighted by atomic mass is 10.1. The zero-order valence-corrected chi connectivity index (χ0v) is 12.2. The number of nitrogens with zero attached hydrogens (tertiary/aromatic N) is 4. The zero-order chi connectivity index (χ0) is 14.8. The maximum absolute atomic E-state index is 12.2. The molecule has 2 amide bonds. The number of carbonyl (C=O) groups is 2. The number of fused-ring (bicyclic) bond motifs is 1. The average Bonchev–Trinajstić information content (AvgIpc) is 3.05. The van der Waals surface area contributed by atoms with Gasteiger partial charge in [0.15, 0.2) is 0 Å². The molecule has 7 nitrogen and oxygen atoms in total. The molecule has 2 aliphatic rings. The molecule has 21 heavy (non-hydrogen) atoms. The van der Waals surface area contributed by atoms with Crippen molar-refractivity contribution in [1.82, 2.24) is 19.4 Å². The lowest BCUT2D eigenvalue weighted by Gasteiger charge is -2.35. The molecule has 3 rings (SSSR count). The molecule has 1 aromatic heterocycles. The van der Waals surface area contributed by atoms with Crippen LogP contribution in [-0.4, -0.2) is 63.6 Å². The molecular weight excluding hydrogens is 272 g/mol. The smallest absolute Gasteiger partial charge is 0.410 e. The first-order valence-electron chi connectivity index (χ1n) is 7.34. The fraction of sp³-hybridized carbons (Fsp3) is 0.643. The molecule has 0 bridgehead atoms. The summed E-state index contributed by atoms with van der Waals surface area (Å²) in [4.78, 5) is 31.4. The lowest BCUT2D eigenvalue weighted by molar-refractivity contribution is -0.133. The van der Waals surface area contributed by atoms with E-state index in [9.17, 15) is 9.59 Å². The van der Waals surface area contributed by atoms with E-state index in [2.05, 4.69) is 9.55 Å². The van der Waals surface area contributed by atoms with Gasteiger partial charge >= 0.3 is 6.09 Å². The second kappa shape index (κ2) is 5.75. The van der Waals surface area contributed by atoms with Crippen LogP contribution in [0.15, 0.2) is 12.4 Å². The van der Waals surface area contributed by atoms with Gasteiger partial charge in [0, 0.05) is 45.0 Å². The number of carbonyl (C=O) groups excluding carboxylic acids is 2. The summed E-state index contributed by atoms with van der Waals surface area (Å²) in [5, 5.41) is 0. The van der Waals surface area contributed by atoms with E-state index < -0.39 is 0 Å². The molecule has 2 aliphatic heterocycles. The number of imidazole rings is 1. The van der Waals surface area contributed by atoms with Crippen molar-refractivity contribution in [2.45, 2.75) is 32.4 Å². The van der Waals surface area contributed by atoms with Crippen LogP contribution in [-0.2, 0) is 16.1 Å². The molecule has 0 aliphatic carbocycles. The predicted octanol–water partition coefficient (Wildman–Crippen LogP) is 0.635. The standard InChI is InChI=1S/C14H20N4O3/c1-11-15-4-6-16(11)5-2-3-13(19)17-7-8-18-12(9-17)10-21-14(18)20/h4,6,12H,2-3,5,7-10H2,1H3/t12-/m1/s1. The Morgan fingerprint density at radius 2 is 2.33 bits per heavy atom. The van der Waals surface area contributed by atoms with E-state index in [-0.39, 0.29) is 18.0 Å². The highest BCUT2D eigenvalue weighted by Gasteiger charge is 2.38. The van der Waals surface area contributed by atoms with Gasteiger partial charge in [-0.05, 0) is 13.3 Å². The molecule has 3 heterocycles. The van der Waals surface area contributed by atoms with Gasteiger partial charge < -0.3 is 14.2 Å². The highest BCUT2D eigenvalue weighted by molar-refractivity contribution is 5.77. The molecule has 2 fully saturated rings. The molecule has 1 atom stereocenters. The summed E-state index contributed by atoms with van der Waals surface area (Å²) in [5.41, 5.74) is 0. The third kappa shape index (κ3) is 2.86. The molecule has 2 saturated heterocycles. The highest BCUT2D eigenvalue weighted by atomic mass is 16.6. The monoisotopic (exact) mass is 292 g/mol. The highest BCUT2D eigenvalue weighted by Crippen LogP contribution is 2.18. The first kappa shape index (κ1) is 13.9. The van der Waals surface area contributed by atoms with Crippen molar-refractivity contribution in [3.05, 3.63) is 18.2 Å². The second-order valence-corrected chi connectivity index (χ2v) is 5.54. The minimum absolute atomic E-state index is 0.0334. The minimum atomic E-state index is -0.248. The molecule has 0 saturated carbocycles. The van der Waals surface area contributed by atoms with Crippen molar-refractivity contribution in [3.8, 4) is 0 Å². The molecule has 0 N–H and O–H groups in total. The Morgan fingerprint density at radius 1 is 1.48 bits per heavy atom. The van der Waals surface area contributed by atoms with Crippen molar-refractivity contribution in [3.63, 3.8) is 0 Å². The third-order valence-electron chi connectivity index (χ3n) is 4.18. The Kier molecular flexibility index (Phi) is 3.81. The summed E-state index contributed by atoms with van der Waals surface area (Å²) >= 11 is 0. The van der Waals surface area contributed by atoms with Crippen LogP contribution in [0, 0.1) is 6.92 Å². The van der Waals surface area contributed by atoms with E-state index in [0.29, 0.717) is 32.7 Å². The van der Waals surface area contributed by atoms with Gasteiger partial charge in [-0.1, -0.05) is 0 Å². The number of piperazine rings is 1. The molecule has 1 aromatic rings. The van der Waals surface area contributed by atoms with E-state index in [1.54, 1.807) is 11.1 Å². The number of amides is 2. The van der Waals surface area contributed by atoms with Crippen LogP contribution in [0.4, 0.5) is 4.79 Å². The zero-order valence-electron chi connectivity index (χ0n) is 12.2. The Morgan fingerprint density at radius 3 is 3.10 bits per heavy atom. The van der Waals surface area contributed by atoms with Gasteiger partial charge in [0.1, 0.15) is 12.4 Å². The number of aryl methyl sites for hydroxylation is 2. The summed E-state index contributed by atoms with van der Waals surface area (Å²) in [5.74, 6) is 1.13. The first-order valence-corrected chi connectivity index (χ1v) is 7.34. The van der Waals surface area contributed by atoms with Gasteiger partial charge in [0.25, 0.3) is 0 Å². The average molecular weight is 292 g/mol. The third-order valence-corrected chi connectivity index (χ3v) is 4.18. The molecule has 0 radical (unpaired) electrons. The Bertz CT molecular complexity index is 542. The van der Waals surface area contributed by atoms with E-state index in [1.807, 2.05) is 18.0 Å². The number of ether oxygens (including phenoxy) is 1. The van der Waals surface area contributed by atoms with Crippen LogP contribution in [0.3, 0.4) is 0 Å². The van der Waals surface area contributed by atoms with E-state index in [1.165, 1.54) is 0 Å². The fourth-order valence-electron chi connectivity index (χ4n) is 2.91. The normalized spacial score (nSPS) is 21.4. The van der Waals surface area contributed by atoms with Gasteiger partial charge in [-0.25, -0.2) is 9.78 Å². The van der Waals surface area contributed by atoms with Crippen LogP contribution in [0.2, 0.25) is 0 Å². The van der Waals surface area contributed by atoms with Crippen molar-refractivity contribution in [2.24, 2.45) is 0 Å². The van der Waals surface area contributed by atoms with Crippen LogP contribution in [0.25, 0.3) is 0 Å². The van der Waals surface area contributed by atoms with Crippen molar-refractivity contribution < 1.29 is 14.3 Å². The van der Waals surface area contributed by atoms with E-state index >= 15 is 0 Å². The summed E-state index contributed by atoms with van der Waals surface area (Å²) in [6.07, 6.45) is 4.78. The number of hydrogen-bond donors (Lipinski definition) is 0. The topological polar surface area (TPSA) is 67.7 Å². The number of cyclic esters (lactones) is 1. The molecule has 0 unspecified atom stereocenters. The summed E-state index contributed by atoms with van der Waals surface area (Å²) < 4.78 is 7.06. The molecule has 7 heteroatoms. The van der Waals surface area contributed by atoms with Crippen molar-refractivity contribution in [1.29, 1.82) is 0 Å². The molecule has 114 valence electrons. The van der Waals surface area contributed by atoms with Gasteiger partial charge in [-0.3, -0.25) is 9.69 Å².